The van der Waals surface area contributed by atoms with Crippen LogP contribution in [0.5, 0.6) is 0 Å². The van der Waals surface area contributed by atoms with E-state index in [0.717, 1.165) is 11.6 Å². The number of carbonyl (C=O) groups excluding carboxylic acids is 1. The van der Waals surface area contributed by atoms with Gasteiger partial charge in [0.1, 0.15) is 27.8 Å². The second kappa shape index (κ2) is 10.9. The first-order valence-corrected chi connectivity index (χ1v) is 12.2. The number of amides is 1. The molecular formula is C26H20F2N4O3PtS. The van der Waals surface area contributed by atoms with E-state index in [9.17, 15) is 22.0 Å². The monoisotopic (exact) mass is 701 g/mol. The molecule has 0 aliphatic rings. The van der Waals surface area contributed by atoms with Crippen LogP contribution in [-0.2, 0) is 36.5 Å². The number of sulfonamides is 1. The van der Waals surface area contributed by atoms with Crippen molar-refractivity contribution in [1.82, 2.24) is 15.0 Å². The minimum absolute atomic E-state index is 0. The number of halogens is 2. The molecule has 1 aromatic carbocycles. The molecule has 0 saturated heterocycles. The Bertz CT molecular complexity index is 1560. The van der Waals surface area contributed by atoms with Gasteiger partial charge in [-0.05, 0) is 56.8 Å². The number of carbonyl (C=O) groups is 1. The van der Waals surface area contributed by atoms with Gasteiger partial charge in [0.15, 0.2) is 0 Å². The van der Waals surface area contributed by atoms with Crippen molar-refractivity contribution < 1.29 is 43.1 Å². The molecule has 0 spiro atoms. The van der Waals surface area contributed by atoms with Gasteiger partial charge in [0, 0.05) is 11.1 Å². The number of pyridine rings is 3. The minimum Gasteiger partial charge on any atom is -0.536 e. The number of aryl methyl sites for hydroxylation is 1. The zero-order valence-electron chi connectivity index (χ0n) is 19.8. The molecule has 1 amide bonds. The van der Waals surface area contributed by atoms with Crippen molar-refractivity contribution in [3.63, 3.8) is 0 Å². The van der Waals surface area contributed by atoms with Gasteiger partial charge in [-0.2, -0.15) is 0 Å². The van der Waals surface area contributed by atoms with Crippen LogP contribution in [0.2, 0.25) is 0 Å². The van der Waals surface area contributed by atoms with Crippen molar-refractivity contribution in [3.8, 4) is 11.3 Å². The fourth-order valence-electron chi connectivity index (χ4n) is 3.43. The van der Waals surface area contributed by atoms with Gasteiger partial charge in [0.2, 0.25) is 0 Å². The number of benzene rings is 1. The van der Waals surface area contributed by atoms with E-state index in [2.05, 4.69) is 25.7 Å². The van der Waals surface area contributed by atoms with E-state index in [1.807, 2.05) is 6.92 Å². The van der Waals surface area contributed by atoms with Crippen LogP contribution in [0.25, 0.3) is 16.0 Å². The largest absolute Gasteiger partial charge is 2.00 e. The van der Waals surface area contributed by atoms with Gasteiger partial charge < -0.3 is 14.5 Å². The Morgan fingerprint density at radius 2 is 1.54 bits per heavy atom. The molecule has 0 N–H and O–H groups in total. The third-order valence-electron chi connectivity index (χ3n) is 5.52. The van der Waals surface area contributed by atoms with Gasteiger partial charge in [-0.15, -0.1) is 6.07 Å². The van der Waals surface area contributed by atoms with Crippen LogP contribution >= 0.6 is 0 Å². The van der Waals surface area contributed by atoms with Crippen LogP contribution < -0.4 is 0 Å². The molecule has 0 saturated carbocycles. The summed E-state index contributed by atoms with van der Waals surface area (Å²) in [5.41, 5.74) is 0.802. The Kier molecular flexibility index (Phi) is 8.34. The molecule has 37 heavy (non-hydrogen) atoms. The molecule has 3 aromatic heterocycles. The fourth-order valence-corrected chi connectivity index (χ4v) is 4.32. The molecule has 0 unspecified atom stereocenters. The van der Waals surface area contributed by atoms with Gasteiger partial charge in [-0.1, -0.05) is 47.5 Å². The second-order valence-corrected chi connectivity index (χ2v) is 10.1. The summed E-state index contributed by atoms with van der Waals surface area (Å²) >= 11 is 0. The maximum atomic E-state index is 14.2. The van der Waals surface area contributed by atoms with Gasteiger partial charge in [-0.25, -0.2) is 17.2 Å². The van der Waals surface area contributed by atoms with Crippen molar-refractivity contribution in [2.75, 3.05) is 0 Å². The molecule has 0 atom stereocenters. The Hall–Kier alpha value is -3.36. The topological polar surface area (TPSA) is 104 Å². The molecular weight excluding hydrogens is 681 g/mol. The average Bonchev–Trinajstić information content (AvgIpc) is 2.84. The zero-order chi connectivity index (χ0) is 26.1. The number of aromatic nitrogens is 3. The maximum absolute atomic E-state index is 14.2. The van der Waals surface area contributed by atoms with Crippen LogP contribution in [-0.4, -0.2) is 29.3 Å². The van der Waals surface area contributed by atoms with Gasteiger partial charge in [0.25, 0.3) is 0 Å². The molecule has 11 heteroatoms. The van der Waals surface area contributed by atoms with Crippen LogP contribution in [0.1, 0.15) is 41.3 Å². The van der Waals surface area contributed by atoms with E-state index in [1.165, 1.54) is 24.3 Å². The van der Waals surface area contributed by atoms with Crippen molar-refractivity contribution >= 4 is 15.9 Å². The van der Waals surface area contributed by atoms with E-state index in [-0.39, 0.29) is 42.9 Å². The Balaban J connectivity index is 0.00000380. The van der Waals surface area contributed by atoms with E-state index in [4.69, 9.17) is 0 Å². The average molecular weight is 702 g/mol. The van der Waals surface area contributed by atoms with Crippen LogP contribution in [0.3, 0.4) is 0 Å². The zero-order valence-corrected chi connectivity index (χ0v) is 22.9. The summed E-state index contributed by atoms with van der Waals surface area (Å²) in [5.74, 6) is -3.04. The van der Waals surface area contributed by atoms with Crippen molar-refractivity contribution in [3.05, 3.63) is 112 Å². The van der Waals surface area contributed by atoms with E-state index < -0.39 is 33.2 Å². The summed E-state index contributed by atoms with van der Waals surface area (Å²) in [7, 11) is -4.22. The molecule has 192 valence electrons. The summed E-state index contributed by atoms with van der Waals surface area (Å²) in [6.07, 6.45) is 0. The Morgan fingerprint density at radius 1 is 0.919 bits per heavy atom. The second-order valence-electron chi connectivity index (χ2n) is 8.51. The summed E-state index contributed by atoms with van der Waals surface area (Å²) in [4.78, 5) is 24.6. The normalized spacial score (nSPS) is 11.5. The van der Waals surface area contributed by atoms with Crippen LogP contribution in [0.15, 0.2) is 71.6 Å². The first-order valence-electron chi connectivity index (χ1n) is 10.8. The van der Waals surface area contributed by atoms with Crippen molar-refractivity contribution in [2.45, 2.75) is 31.1 Å². The number of hydrogen-bond acceptors (Lipinski definition) is 6. The molecule has 0 bridgehead atoms. The van der Waals surface area contributed by atoms with E-state index in [0.29, 0.717) is 11.4 Å². The number of hydrogen-bond donors (Lipinski definition) is 0. The van der Waals surface area contributed by atoms with E-state index >= 15 is 0 Å². The van der Waals surface area contributed by atoms with Gasteiger partial charge >= 0.3 is 21.1 Å². The van der Waals surface area contributed by atoms with Gasteiger partial charge in [0.05, 0.1) is 16.3 Å². The first kappa shape index (κ1) is 28.2. The molecule has 0 aliphatic carbocycles. The summed E-state index contributed by atoms with van der Waals surface area (Å²) in [6.45, 7) is 5.39. The van der Waals surface area contributed by atoms with E-state index in [1.54, 1.807) is 50.2 Å². The Morgan fingerprint density at radius 3 is 2.19 bits per heavy atom. The molecule has 0 aliphatic heterocycles. The minimum atomic E-state index is -4.22. The molecule has 0 radical (unpaired) electrons. The third-order valence-corrected chi connectivity index (χ3v) is 6.80. The van der Waals surface area contributed by atoms with Crippen LogP contribution in [0, 0.1) is 24.9 Å². The quantitative estimate of drug-likeness (QED) is 0.204. The standard InChI is InChI=1S/C26H21F2N4O3S.Pt/c1-16-10-12-17(13-11-16)36(34,35)32-25(33)20-7-5-9-22(30-20)26(2,3)21-8-4-6-19(29-21)18-14-15-23(27)31-24(18)28;/h4-13,15H,1-3H3,(H,32,33);/q-1;+2/p-1. The maximum Gasteiger partial charge on any atom is 2.00 e. The predicted octanol–water partition coefficient (Wildman–Crippen LogP) is 5.15. The number of nitrogens with zero attached hydrogens (tertiary/aromatic N) is 4. The smallest absolute Gasteiger partial charge is 0.536 e. The van der Waals surface area contributed by atoms with Crippen LogP contribution in [0.4, 0.5) is 8.78 Å². The summed E-state index contributed by atoms with van der Waals surface area (Å²) < 4.78 is 55.9. The molecule has 3 heterocycles. The summed E-state index contributed by atoms with van der Waals surface area (Å²) in [6, 6.07) is 18.9. The Labute approximate surface area is 227 Å². The van der Waals surface area contributed by atoms with Gasteiger partial charge in [-0.3, -0.25) is 9.97 Å². The number of rotatable bonds is 6. The molecule has 4 aromatic rings. The first-order chi connectivity index (χ1) is 17.0. The molecule has 7 nitrogen and oxygen atoms in total. The molecule has 4 rings (SSSR count). The van der Waals surface area contributed by atoms with Crippen molar-refractivity contribution in [1.29, 1.82) is 0 Å². The molecule has 0 fully saturated rings. The summed E-state index contributed by atoms with van der Waals surface area (Å²) in [5, 5.41) is 0. The predicted molar refractivity (Wildman–Crippen MR) is 129 cm³/mol. The SMILES string of the molecule is Cc1ccc(S(=O)(=O)[N-]C(=O)c2cccc(C(C)(C)c3cccc(-c4[c-]cc(F)nc4F)n3)n2)cc1.[Pt+2]. The third kappa shape index (κ3) is 6.14. The fraction of sp³-hybridized carbons (Fsp3) is 0.154. The van der Waals surface area contributed by atoms with Crippen molar-refractivity contribution in [2.24, 2.45) is 0 Å².